The number of hydrogen-bond donors (Lipinski definition) is 1. The average molecular weight is 446 g/mol. The lowest BCUT2D eigenvalue weighted by Crippen LogP contribution is -2.33. The third-order valence-corrected chi connectivity index (χ3v) is 5.47. The molecule has 0 bridgehead atoms. The van der Waals surface area contributed by atoms with Crippen molar-refractivity contribution >= 4 is 46.2 Å². The van der Waals surface area contributed by atoms with Gasteiger partial charge in [-0.3, -0.25) is 9.59 Å². The SMILES string of the molecule is CC(=O)N1C=Cc2ccccc2[C@H]1CC(=O)Nc1ccc(C)c(I)c1. The van der Waals surface area contributed by atoms with Crippen molar-refractivity contribution in [1.29, 1.82) is 0 Å². The highest BCUT2D eigenvalue weighted by molar-refractivity contribution is 14.1. The van der Waals surface area contributed by atoms with Gasteiger partial charge in [0, 0.05) is 22.4 Å². The van der Waals surface area contributed by atoms with Crippen molar-refractivity contribution in [2.45, 2.75) is 26.3 Å². The minimum Gasteiger partial charge on any atom is -0.326 e. The Hall–Kier alpha value is -2.15. The smallest absolute Gasteiger partial charge is 0.226 e. The topological polar surface area (TPSA) is 49.4 Å². The van der Waals surface area contributed by atoms with Crippen molar-refractivity contribution in [3.05, 3.63) is 68.9 Å². The standard InChI is InChI=1S/C20H19IN2O2/c1-13-7-8-16(11-18(13)21)22-20(25)12-19-17-6-4-3-5-15(17)9-10-23(19)14(2)24/h3-11,19H,12H2,1-2H3,(H,22,25)/t19-/m1/s1. The fraction of sp³-hybridized carbons (Fsp3) is 0.200. The van der Waals surface area contributed by atoms with E-state index in [9.17, 15) is 9.59 Å². The van der Waals surface area contributed by atoms with Gasteiger partial charge in [0.1, 0.15) is 0 Å². The zero-order valence-corrected chi connectivity index (χ0v) is 16.3. The van der Waals surface area contributed by atoms with Crippen LogP contribution in [0, 0.1) is 10.5 Å². The van der Waals surface area contributed by atoms with Crippen LogP contribution in [-0.2, 0) is 9.59 Å². The van der Waals surface area contributed by atoms with Crippen LogP contribution in [0.4, 0.5) is 5.69 Å². The largest absolute Gasteiger partial charge is 0.326 e. The molecule has 0 aromatic heterocycles. The molecule has 2 aromatic carbocycles. The minimum absolute atomic E-state index is 0.0755. The quantitative estimate of drug-likeness (QED) is 0.706. The Morgan fingerprint density at radius 1 is 1.20 bits per heavy atom. The number of rotatable bonds is 3. The van der Waals surface area contributed by atoms with Gasteiger partial charge in [-0.2, -0.15) is 0 Å². The Morgan fingerprint density at radius 3 is 2.68 bits per heavy atom. The average Bonchev–Trinajstić information content (AvgIpc) is 2.58. The Bertz CT molecular complexity index is 861. The van der Waals surface area contributed by atoms with E-state index in [-0.39, 0.29) is 24.3 Å². The number of carbonyl (C=O) groups is 2. The van der Waals surface area contributed by atoms with E-state index in [1.165, 1.54) is 12.5 Å². The number of aryl methyl sites for hydroxylation is 1. The summed E-state index contributed by atoms with van der Waals surface area (Å²) in [6.07, 6.45) is 3.89. The molecule has 0 radical (unpaired) electrons. The van der Waals surface area contributed by atoms with Gasteiger partial charge >= 0.3 is 0 Å². The molecule has 5 heteroatoms. The normalized spacial score (nSPS) is 15.6. The molecule has 1 atom stereocenters. The van der Waals surface area contributed by atoms with E-state index in [0.29, 0.717) is 0 Å². The van der Waals surface area contributed by atoms with Crippen LogP contribution in [0.5, 0.6) is 0 Å². The molecule has 25 heavy (non-hydrogen) atoms. The van der Waals surface area contributed by atoms with Crippen LogP contribution in [0.2, 0.25) is 0 Å². The number of nitrogens with one attached hydrogen (secondary N) is 1. The van der Waals surface area contributed by atoms with Gasteiger partial charge in [0.2, 0.25) is 11.8 Å². The Balaban J connectivity index is 1.81. The van der Waals surface area contributed by atoms with E-state index in [2.05, 4.69) is 27.9 Å². The van der Waals surface area contributed by atoms with Gasteiger partial charge in [-0.15, -0.1) is 0 Å². The molecule has 3 rings (SSSR count). The minimum atomic E-state index is -0.289. The zero-order chi connectivity index (χ0) is 18.0. The fourth-order valence-electron chi connectivity index (χ4n) is 2.97. The molecule has 1 aliphatic rings. The van der Waals surface area contributed by atoms with Gasteiger partial charge in [0.05, 0.1) is 12.5 Å². The predicted octanol–water partition coefficient (Wildman–Crippen LogP) is 4.50. The Morgan fingerprint density at radius 2 is 1.96 bits per heavy atom. The van der Waals surface area contributed by atoms with Crippen LogP contribution in [0.1, 0.15) is 36.1 Å². The number of nitrogens with zero attached hydrogens (tertiary/aromatic N) is 1. The van der Waals surface area contributed by atoms with Crippen molar-refractivity contribution in [3.8, 4) is 0 Å². The Labute approximate surface area is 161 Å². The van der Waals surface area contributed by atoms with Gasteiger partial charge in [-0.25, -0.2) is 0 Å². The van der Waals surface area contributed by atoms with Crippen molar-refractivity contribution in [2.75, 3.05) is 5.32 Å². The molecule has 1 N–H and O–H groups in total. The number of benzene rings is 2. The zero-order valence-electron chi connectivity index (χ0n) is 14.1. The van der Waals surface area contributed by atoms with Gasteiger partial charge in [0.15, 0.2) is 0 Å². The summed E-state index contributed by atoms with van der Waals surface area (Å²) in [5, 5.41) is 2.94. The molecule has 128 valence electrons. The van der Waals surface area contributed by atoms with Crippen LogP contribution in [0.25, 0.3) is 6.08 Å². The third-order valence-electron chi connectivity index (χ3n) is 4.30. The van der Waals surface area contributed by atoms with Gasteiger partial charge in [0.25, 0.3) is 0 Å². The fourth-order valence-corrected chi connectivity index (χ4v) is 3.49. The summed E-state index contributed by atoms with van der Waals surface area (Å²) < 4.78 is 1.10. The predicted molar refractivity (Wildman–Crippen MR) is 108 cm³/mol. The van der Waals surface area contributed by atoms with Crippen molar-refractivity contribution in [2.24, 2.45) is 0 Å². The van der Waals surface area contributed by atoms with Crippen molar-refractivity contribution < 1.29 is 9.59 Å². The van der Waals surface area contributed by atoms with E-state index in [4.69, 9.17) is 0 Å². The van der Waals surface area contributed by atoms with E-state index >= 15 is 0 Å². The maximum atomic E-state index is 12.6. The first kappa shape index (κ1) is 17.7. The molecule has 0 fully saturated rings. The summed E-state index contributed by atoms with van der Waals surface area (Å²) in [6, 6.07) is 13.4. The van der Waals surface area contributed by atoms with Crippen molar-refractivity contribution in [1.82, 2.24) is 4.90 Å². The second kappa shape index (κ2) is 7.39. The van der Waals surface area contributed by atoms with Gasteiger partial charge < -0.3 is 10.2 Å². The van der Waals surface area contributed by atoms with Gasteiger partial charge in [-0.05, 0) is 64.4 Å². The summed E-state index contributed by atoms with van der Waals surface area (Å²) in [6.45, 7) is 3.55. The maximum Gasteiger partial charge on any atom is 0.226 e. The van der Waals surface area contributed by atoms with Crippen LogP contribution < -0.4 is 5.32 Å². The molecule has 0 aliphatic carbocycles. The lowest BCUT2D eigenvalue weighted by molar-refractivity contribution is -0.129. The van der Waals surface area contributed by atoms with E-state index in [0.717, 1.165) is 20.4 Å². The van der Waals surface area contributed by atoms with Crippen LogP contribution in [0.15, 0.2) is 48.7 Å². The van der Waals surface area contributed by atoms with E-state index < -0.39 is 0 Å². The summed E-state index contributed by atoms with van der Waals surface area (Å²) in [7, 11) is 0. The molecule has 2 aromatic rings. The van der Waals surface area contributed by atoms with Crippen molar-refractivity contribution in [3.63, 3.8) is 0 Å². The second-order valence-corrected chi connectivity index (χ2v) is 7.27. The van der Waals surface area contributed by atoms with Crippen LogP contribution in [-0.4, -0.2) is 16.7 Å². The highest BCUT2D eigenvalue weighted by Gasteiger charge is 2.28. The highest BCUT2D eigenvalue weighted by atomic mass is 127. The summed E-state index contributed by atoms with van der Waals surface area (Å²) in [5.41, 5.74) is 3.98. The molecule has 0 saturated carbocycles. The molecule has 2 amide bonds. The summed E-state index contributed by atoms with van der Waals surface area (Å²) in [4.78, 5) is 26.2. The Kier molecular flexibility index (Phi) is 5.22. The third kappa shape index (κ3) is 3.92. The van der Waals surface area contributed by atoms with Crippen LogP contribution >= 0.6 is 22.6 Å². The number of halogens is 1. The molecular weight excluding hydrogens is 427 g/mol. The number of hydrogen-bond acceptors (Lipinski definition) is 2. The molecule has 1 aliphatic heterocycles. The lowest BCUT2D eigenvalue weighted by Gasteiger charge is -2.32. The van der Waals surface area contributed by atoms with E-state index in [1.54, 1.807) is 11.1 Å². The molecule has 0 spiro atoms. The first-order valence-electron chi connectivity index (χ1n) is 8.08. The van der Waals surface area contributed by atoms with Gasteiger partial charge in [-0.1, -0.05) is 30.3 Å². The molecule has 4 nitrogen and oxygen atoms in total. The number of carbonyl (C=O) groups excluding carboxylic acids is 2. The lowest BCUT2D eigenvalue weighted by atomic mass is 9.93. The van der Waals surface area contributed by atoms with E-state index in [1.807, 2.05) is 55.5 Å². The molecule has 1 heterocycles. The number of amides is 2. The van der Waals surface area contributed by atoms with Crippen LogP contribution in [0.3, 0.4) is 0 Å². The summed E-state index contributed by atoms with van der Waals surface area (Å²) >= 11 is 2.25. The number of fused-ring (bicyclic) bond motifs is 1. The number of anilines is 1. The maximum absolute atomic E-state index is 12.6. The monoisotopic (exact) mass is 446 g/mol. The molecule has 0 saturated heterocycles. The second-order valence-electron chi connectivity index (χ2n) is 6.10. The molecule has 0 unspecified atom stereocenters. The summed E-state index contributed by atoms with van der Waals surface area (Å²) in [5.74, 6) is -0.186. The highest BCUT2D eigenvalue weighted by Crippen LogP contribution is 2.33. The first-order valence-corrected chi connectivity index (χ1v) is 9.15. The first-order chi connectivity index (χ1) is 12.0. The molecular formula is C20H19IN2O2.